The van der Waals surface area contributed by atoms with Gasteiger partial charge in [0.1, 0.15) is 0 Å². The maximum absolute atomic E-state index is 13.0. The van der Waals surface area contributed by atoms with E-state index < -0.39 is 10.1 Å². The summed E-state index contributed by atoms with van der Waals surface area (Å²) in [6.07, 6.45) is 10.4. The third-order valence-electron chi connectivity index (χ3n) is 6.69. The first-order valence-electron chi connectivity index (χ1n) is 11.1. The lowest BCUT2D eigenvalue weighted by atomic mass is 9.80. The highest BCUT2D eigenvalue weighted by atomic mass is 32.3. The molecule has 28 heavy (non-hydrogen) atoms. The van der Waals surface area contributed by atoms with Gasteiger partial charge >= 0.3 is 0 Å². The molecule has 164 valence electrons. The predicted molar refractivity (Wildman–Crippen MR) is 114 cm³/mol. The van der Waals surface area contributed by atoms with Crippen LogP contribution in [0.5, 0.6) is 0 Å². The van der Waals surface area contributed by atoms with Gasteiger partial charge in [0.2, 0.25) is 5.91 Å². The highest BCUT2D eigenvalue weighted by Gasteiger charge is 2.40. The van der Waals surface area contributed by atoms with Crippen LogP contribution in [0.1, 0.15) is 52.4 Å². The summed E-state index contributed by atoms with van der Waals surface area (Å²) in [6, 6.07) is -0.00979. The molecule has 0 radical (unpaired) electrons. The Morgan fingerprint density at radius 3 is 2.39 bits per heavy atom. The highest BCUT2D eigenvalue weighted by Crippen LogP contribution is 2.32. The smallest absolute Gasteiger partial charge is 0.230 e. The molecule has 2 heterocycles. The van der Waals surface area contributed by atoms with Crippen LogP contribution in [0.25, 0.3) is 0 Å². The molecule has 1 aliphatic carbocycles. The molecule has 1 amide bonds. The molecular weight excluding hydrogens is 376 g/mol. The lowest BCUT2D eigenvalue weighted by Gasteiger charge is -2.45. The van der Waals surface area contributed by atoms with Crippen LogP contribution in [0.4, 0.5) is 0 Å². The minimum Gasteiger partial charge on any atom is -0.380 e. The largest absolute Gasteiger partial charge is 0.380 e. The minimum absolute atomic E-state index is 0.0159. The van der Waals surface area contributed by atoms with Gasteiger partial charge in [-0.25, -0.2) is 0 Å². The van der Waals surface area contributed by atoms with Gasteiger partial charge in [-0.15, -0.1) is 0 Å². The van der Waals surface area contributed by atoms with Gasteiger partial charge in [-0.2, -0.15) is 0 Å². The molecule has 1 N–H and O–H groups in total. The summed E-state index contributed by atoms with van der Waals surface area (Å²) in [6.45, 7) is 6.98. The Morgan fingerprint density at radius 1 is 1.18 bits per heavy atom. The van der Waals surface area contributed by atoms with E-state index in [1.165, 1.54) is 12.8 Å². The van der Waals surface area contributed by atoms with Gasteiger partial charge in [0.15, 0.2) is 0 Å². The number of nitrogens with one attached hydrogen (secondary N) is 1. The first kappa shape index (κ1) is 22.2. The summed E-state index contributed by atoms with van der Waals surface area (Å²) in [5.41, 5.74) is 0. The molecule has 0 aromatic carbocycles. The van der Waals surface area contributed by atoms with E-state index in [1.54, 1.807) is 12.5 Å². The topological polar surface area (TPSA) is 67.9 Å². The number of hydrogen-bond donors (Lipinski definition) is 2. The van der Waals surface area contributed by atoms with E-state index in [0.29, 0.717) is 19.8 Å². The Labute approximate surface area is 171 Å². The van der Waals surface area contributed by atoms with Crippen LogP contribution < -0.4 is 4.72 Å². The normalized spacial score (nSPS) is 33.0. The van der Waals surface area contributed by atoms with E-state index in [2.05, 4.69) is 18.6 Å². The zero-order valence-electron chi connectivity index (χ0n) is 18.1. The quantitative estimate of drug-likeness (QED) is 0.623. The number of carbonyl (C=O) groups excluding carboxylic acids is 1. The molecule has 7 heteroatoms. The first-order chi connectivity index (χ1) is 13.2. The van der Waals surface area contributed by atoms with Crippen molar-refractivity contribution in [3.63, 3.8) is 0 Å². The number of nitrogens with zero attached hydrogens (tertiary/aromatic N) is 1. The van der Waals surface area contributed by atoms with Crippen LogP contribution in [0.2, 0.25) is 0 Å². The van der Waals surface area contributed by atoms with Gasteiger partial charge < -0.3 is 14.4 Å². The number of carbonyl (C=O) groups is 1. The zero-order valence-corrected chi connectivity index (χ0v) is 19.0. The van der Waals surface area contributed by atoms with Crippen LogP contribution >= 0.6 is 0 Å². The molecule has 0 aromatic rings. The molecule has 3 aliphatic rings. The Kier molecular flexibility index (Phi) is 7.56. The van der Waals surface area contributed by atoms with Crippen molar-refractivity contribution in [1.82, 2.24) is 9.62 Å². The Bertz CT molecular complexity index is 567. The molecular formula is C21H40N2O4S. The van der Waals surface area contributed by atoms with Crippen LogP contribution in [0, 0.1) is 17.8 Å². The van der Waals surface area contributed by atoms with Crippen molar-refractivity contribution in [2.24, 2.45) is 17.8 Å². The van der Waals surface area contributed by atoms with Gasteiger partial charge in [0.05, 0.1) is 37.9 Å². The lowest BCUT2D eigenvalue weighted by molar-refractivity contribution is -0.157. The molecule has 0 spiro atoms. The van der Waals surface area contributed by atoms with Crippen LogP contribution in [-0.4, -0.2) is 72.1 Å². The van der Waals surface area contributed by atoms with Gasteiger partial charge in [-0.05, 0) is 50.4 Å². The van der Waals surface area contributed by atoms with Crippen LogP contribution in [0.15, 0.2) is 0 Å². The van der Waals surface area contributed by atoms with Gasteiger partial charge in [-0.3, -0.25) is 13.7 Å². The Morgan fingerprint density at radius 2 is 1.86 bits per heavy atom. The fourth-order valence-corrected chi connectivity index (χ4v) is 5.96. The van der Waals surface area contributed by atoms with Crippen molar-refractivity contribution >= 4 is 16.0 Å². The lowest BCUT2D eigenvalue weighted by Crippen LogP contribution is -2.61. The number of piperidine rings is 1. The number of likely N-dealkylation sites (tertiary alicyclic amines) is 1. The summed E-state index contributed by atoms with van der Waals surface area (Å²) in [5.74, 6) is 1.72. The molecule has 2 aliphatic heterocycles. The van der Waals surface area contributed by atoms with Crippen molar-refractivity contribution < 1.29 is 18.5 Å². The first-order valence-corrected chi connectivity index (χ1v) is 13.7. The number of rotatable bonds is 7. The monoisotopic (exact) mass is 416 g/mol. The van der Waals surface area contributed by atoms with Crippen molar-refractivity contribution in [3.05, 3.63) is 0 Å². The van der Waals surface area contributed by atoms with Crippen molar-refractivity contribution in [1.29, 1.82) is 0 Å². The zero-order chi connectivity index (χ0) is 20.3. The van der Waals surface area contributed by atoms with Crippen molar-refractivity contribution in [2.75, 3.05) is 38.9 Å². The second kappa shape index (κ2) is 9.54. The summed E-state index contributed by atoms with van der Waals surface area (Å²) in [7, 11) is -2.39. The third kappa shape index (κ3) is 5.77. The summed E-state index contributed by atoms with van der Waals surface area (Å²) in [5, 5.41) is 0. The van der Waals surface area contributed by atoms with Crippen molar-refractivity contribution in [3.8, 4) is 0 Å². The standard InChI is InChI=1S/C21H40N2O4S/c1-15(2)16-7-9-18(10-8-16)27-14-20-19(22-28(3,4)25)6-5-11-23(20)21(24)17-12-26-13-17/h15-20,28H,5-14H2,1-4H3,(H,22,25)/t16-,18+,19?,20?. The minimum atomic E-state index is -2.39. The molecule has 3 rings (SSSR count). The van der Waals surface area contributed by atoms with Gasteiger partial charge in [0.25, 0.3) is 0 Å². The molecule has 3 fully saturated rings. The SMILES string of the molecule is CC(C)[C@H]1CC[C@@H](OCC2C(N[SH](C)(C)=O)CCCN2C(=O)C2COC2)CC1. The molecule has 2 saturated heterocycles. The Balaban J connectivity index is 1.62. The van der Waals surface area contributed by atoms with E-state index in [1.807, 2.05) is 4.90 Å². The van der Waals surface area contributed by atoms with Crippen LogP contribution in [-0.2, 0) is 24.4 Å². The Hall–Kier alpha value is -0.500. The molecule has 6 nitrogen and oxygen atoms in total. The second-order valence-corrected chi connectivity index (χ2v) is 12.6. The van der Waals surface area contributed by atoms with E-state index in [0.717, 1.165) is 44.1 Å². The molecule has 0 aromatic heterocycles. The molecule has 0 bridgehead atoms. The highest BCUT2D eigenvalue weighted by molar-refractivity contribution is 7.99. The fourth-order valence-electron chi connectivity index (χ4n) is 4.86. The van der Waals surface area contributed by atoms with Gasteiger partial charge in [-0.1, -0.05) is 24.0 Å². The maximum atomic E-state index is 13.0. The van der Waals surface area contributed by atoms with Gasteiger partial charge in [0, 0.05) is 25.1 Å². The maximum Gasteiger partial charge on any atom is 0.230 e. The summed E-state index contributed by atoms with van der Waals surface area (Å²) in [4.78, 5) is 15.0. The van der Waals surface area contributed by atoms with Crippen LogP contribution in [0.3, 0.4) is 0 Å². The molecule has 2 unspecified atom stereocenters. The average Bonchev–Trinajstić information content (AvgIpc) is 2.58. The second-order valence-electron chi connectivity index (χ2n) is 9.68. The summed E-state index contributed by atoms with van der Waals surface area (Å²) >= 11 is 0. The van der Waals surface area contributed by atoms with E-state index in [9.17, 15) is 9.00 Å². The predicted octanol–water partition coefficient (Wildman–Crippen LogP) is 2.00. The fraction of sp³-hybridized carbons (Fsp3) is 0.952. The molecule has 1 saturated carbocycles. The number of ether oxygens (including phenoxy) is 2. The van der Waals surface area contributed by atoms with Crippen molar-refractivity contribution in [2.45, 2.75) is 70.6 Å². The third-order valence-corrected chi connectivity index (χ3v) is 7.64. The number of hydrogen-bond acceptors (Lipinski definition) is 4. The van der Waals surface area contributed by atoms with E-state index in [-0.39, 0.29) is 30.0 Å². The average molecular weight is 417 g/mol. The summed E-state index contributed by atoms with van der Waals surface area (Å²) < 4.78 is 27.4. The number of amides is 1. The molecule has 2 atom stereocenters. The number of thiol groups is 1. The van der Waals surface area contributed by atoms with E-state index >= 15 is 0 Å². The van der Waals surface area contributed by atoms with E-state index in [4.69, 9.17) is 9.47 Å².